The molecule has 0 saturated carbocycles. The lowest BCUT2D eigenvalue weighted by Gasteiger charge is -2.44. The van der Waals surface area contributed by atoms with E-state index in [4.69, 9.17) is 4.74 Å². The van der Waals surface area contributed by atoms with Crippen molar-refractivity contribution in [2.75, 3.05) is 6.61 Å². The number of piperidine rings is 1. The fourth-order valence-corrected chi connectivity index (χ4v) is 5.88. The van der Waals surface area contributed by atoms with Crippen LogP contribution in [0.15, 0.2) is 72.9 Å². The maximum absolute atomic E-state index is 13.3. The molecule has 2 unspecified atom stereocenters. The summed E-state index contributed by atoms with van der Waals surface area (Å²) >= 11 is 0. The molecule has 2 atom stereocenters. The molecular weight excluding hydrogens is 408 g/mol. The number of ether oxygens (including phenoxy) is 1. The quantitative estimate of drug-likeness (QED) is 0.480. The van der Waals surface area contributed by atoms with Gasteiger partial charge in [0.25, 0.3) is 0 Å². The first kappa shape index (κ1) is 20.2. The third kappa shape index (κ3) is 3.54. The monoisotopic (exact) mass is 436 g/mol. The van der Waals surface area contributed by atoms with Gasteiger partial charge in [0.15, 0.2) is 0 Å². The zero-order chi connectivity index (χ0) is 22.4. The molecule has 4 nitrogen and oxygen atoms in total. The number of aryl methyl sites for hydroxylation is 1. The molecular formula is C29H28N2O2. The van der Waals surface area contributed by atoms with Crippen LogP contribution < -0.4 is 0 Å². The Morgan fingerprint density at radius 2 is 1.76 bits per heavy atom. The Kier molecular flexibility index (Phi) is 5.01. The Balaban J connectivity index is 1.22. The smallest absolute Gasteiger partial charge is 0.410 e. The third-order valence-electron chi connectivity index (χ3n) is 7.43. The molecule has 2 aliphatic heterocycles. The molecule has 1 saturated heterocycles. The van der Waals surface area contributed by atoms with Gasteiger partial charge in [0.1, 0.15) is 6.61 Å². The van der Waals surface area contributed by atoms with Crippen LogP contribution in [0, 0.1) is 6.92 Å². The highest BCUT2D eigenvalue weighted by Crippen LogP contribution is 2.45. The van der Waals surface area contributed by atoms with E-state index >= 15 is 0 Å². The number of aromatic nitrogens is 1. The number of hydrogen-bond donors (Lipinski definition) is 0. The van der Waals surface area contributed by atoms with Gasteiger partial charge in [0.05, 0.1) is 11.7 Å². The molecule has 0 N–H and O–H groups in total. The summed E-state index contributed by atoms with van der Waals surface area (Å²) < 4.78 is 6.02. The molecule has 4 heteroatoms. The van der Waals surface area contributed by atoms with Crippen LogP contribution in [0.2, 0.25) is 0 Å². The highest BCUT2D eigenvalue weighted by molar-refractivity contribution is 5.79. The van der Waals surface area contributed by atoms with Crippen LogP contribution in [-0.4, -0.2) is 34.7 Å². The Morgan fingerprint density at radius 1 is 1.03 bits per heavy atom. The van der Waals surface area contributed by atoms with Gasteiger partial charge in [-0.3, -0.25) is 9.88 Å². The maximum Gasteiger partial charge on any atom is 0.410 e. The molecule has 1 aliphatic carbocycles. The van der Waals surface area contributed by atoms with Crippen molar-refractivity contribution in [3.63, 3.8) is 0 Å². The molecule has 0 spiro atoms. The van der Waals surface area contributed by atoms with Gasteiger partial charge >= 0.3 is 6.09 Å². The van der Waals surface area contributed by atoms with Crippen molar-refractivity contribution in [2.24, 2.45) is 0 Å². The zero-order valence-corrected chi connectivity index (χ0v) is 18.9. The van der Waals surface area contributed by atoms with E-state index in [-0.39, 0.29) is 24.1 Å². The van der Waals surface area contributed by atoms with Gasteiger partial charge in [-0.25, -0.2) is 4.79 Å². The molecule has 1 aromatic heterocycles. The first-order chi connectivity index (χ1) is 16.2. The van der Waals surface area contributed by atoms with Crippen LogP contribution >= 0.6 is 0 Å². The van der Waals surface area contributed by atoms with E-state index in [1.165, 1.54) is 33.4 Å². The molecule has 166 valence electrons. The van der Waals surface area contributed by atoms with E-state index in [0.717, 1.165) is 31.4 Å². The van der Waals surface area contributed by atoms with Crippen molar-refractivity contribution in [1.82, 2.24) is 9.88 Å². The maximum atomic E-state index is 13.3. The van der Waals surface area contributed by atoms with Crippen LogP contribution in [0.4, 0.5) is 4.79 Å². The zero-order valence-electron chi connectivity index (χ0n) is 18.9. The number of rotatable bonds is 3. The topological polar surface area (TPSA) is 42.4 Å². The summed E-state index contributed by atoms with van der Waals surface area (Å²) in [4.78, 5) is 19.9. The van der Waals surface area contributed by atoms with Crippen LogP contribution in [0.3, 0.4) is 0 Å². The Labute approximate surface area is 194 Å². The predicted molar refractivity (Wildman–Crippen MR) is 130 cm³/mol. The van der Waals surface area contributed by atoms with Gasteiger partial charge < -0.3 is 4.74 Å². The summed E-state index contributed by atoms with van der Waals surface area (Å²) in [6.45, 7) is 2.47. The SMILES string of the molecule is Cc1ccnc(C2=CC3CCCC(C2)N3C(=O)OCC2c3ccccc3-c3ccccc32)c1. The number of fused-ring (bicyclic) bond motifs is 5. The van der Waals surface area contributed by atoms with Gasteiger partial charge in [-0.15, -0.1) is 0 Å². The van der Waals surface area contributed by atoms with Crippen LogP contribution in [0.25, 0.3) is 16.7 Å². The van der Waals surface area contributed by atoms with Crippen molar-refractivity contribution in [2.45, 2.75) is 50.6 Å². The molecule has 33 heavy (non-hydrogen) atoms. The minimum absolute atomic E-state index is 0.0884. The van der Waals surface area contributed by atoms with Crippen LogP contribution in [-0.2, 0) is 4.74 Å². The van der Waals surface area contributed by atoms with Gasteiger partial charge in [0.2, 0.25) is 0 Å². The molecule has 1 fully saturated rings. The summed E-state index contributed by atoms with van der Waals surface area (Å²) in [5, 5.41) is 0. The minimum Gasteiger partial charge on any atom is -0.448 e. The second-order valence-electron chi connectivity index (χ2n) is 9.48. The predicted octanol–water partition coefficient (Wildman–Crippen LogP) is 6.35. The number of nitrogens with zero attached hydrogens (tertiary/aromatic N) is 2. The summed E-state index contributed by atoms with van der Waals surface area (Å²) in [5.74, 6) is 0.0913. The molecule has 3 aromatic rings. The van der Waals surface area contributed by atoms with E-state index in [0.29, 0.717) is 6.61 Å². The van der Waals surface area contributed by atoms with E-state index < -0.39 is 0 Å². The average Bonchev–Trinajstić information content (AvgIpc) is 3.15. The van der Waals surface area contributed by atoms with Gasteiger partial charge in [-0.05, 0) is 78.1 Å². The van der Waals surface area contributed by atoms with Gasteiger partial charge in [-0.1, -0.05) is 54.6 Å². The van der Waals surface area contributed by atoms with Crippen molar-refractivity contribution < 1.29 is 9.53 Å². The minimum atomic E-state index is -0.181. The van der Waals surface area contributed by atoms with Crippen LogP contribution in [0.1, 0.15) is 54.0 Å². The van der Waals surface area contributed by atoms with Crippen LogP contribution in [0.5, 0.6) is 0 Å². The van der Waals surface area contributed by atoms with E-state index in [9.17, 15) is 4.79 Å². The van der Waals surface area contributed by atoms with Gasteiger partial charge in [-0.2, -0.15) is 0 Å². The third-order valence-corrected chi connectivity index (χ3v) is 7.43. The summed E-state index contributed by atoms with van der Waals surface area (Å²) in [6.07, 6.45) is 7.93. The van der Waals surface area contributed by atoms with Gasteiger partial charge in [0, 0.05) is 18.2 Å². The fourth-order valence-electron chi connectivity index (χ4n) is 5.88. The average molecular weight is 437 g/mol. The standard InChI is InChI=1S/C29H28N2O2/c1-19-13-14-30-28(15-19)20-16-21-7-6-8-22(17-20)31(21)29(32)33-18-27-25-11-4-2-9-23(25)24-10-3-5-12-26(24)27/h2-5,9-16,21-22,27H,6-8,17-18H2,1H3. The lowest BCUT2D eigenvalue weighted by Crippen LogP contribution is -2.52. The number of hydrogen-bond acceptors (Lipinski definition) is 3. The lowest BCUT2D eigenvalue weighted by atomic mass is 9.84. The van der Waals surface area contributed by atoms with E-state index in [1.54, 1.807) is 0 Å². The number of pyridine rings is 1. The van der Waals surface area contributed by atoms with Crippen molar-refractivity contribution in [3.8, 4) is 11.1 Å². The molecule has 6 rings (SSSR count). The van der Waals surface area contributed by atoms with E-state index in [2.05, 4.69) is 72.6 Å². The number of carbonyl (C=O) groups is 1. The fraction of sp³-hybridized carbons (Fsp3) is 0.310. The second kappa shape index (κ2) is 8.18. The number of amides is 1. The molecule has 2 aromatic carbocycles. The molecule has 3 aliphatic rings. The first-order valence-corrected chi connectivity index (χ1v) is 12.0. The largest absolute Gasteiger partial charge is 0.448 e. The van der Waals surface area contributed by atoms with E-state index in [1.807, 2.05) is 17.2 Å². The highest BCUT2D eigenvalue weighted by atomic mass is 16.6. The Morgan fingerprint density at radius 3 is 2.45 bits per heavy atom. The van der Waals surface area contributed by atoms with Crippen molar-refractivity contribution in [1.29, 1.82) is 0 Å². The first-order valence-electron chi connectivity index (χ1n) is 12.0. The molecule has 1 amide bonds. The summed E-state index contributed by atoms with van der Waals surface area (Å²) in [7, 11) is 0. The van der Waals surface area contributed by atoms with Crippen molar-refractivity contribution >= 4 is 11.7 Å². The second-order valence-corrected chi connectivity index (χ2v) is 9.48. The highest BCUT2D eigenvalue weighted by Gasteiger charge is 2.39. The normalized spacial score (nSPS) is 21.2. The lowest BCUT2D eigenvalue weighted by molar-refractivity contribution is 0.0538. The molecule has 0 radical (unpaired) electrons. The number of benzene rings is 2. The summed E-state index contributed by atoms with van der Waals surface area (Å²) in [6, 6.07) is 21.4. The number of carbonyl (C=O) groups excluding carboxylic acids is 1. The Hall–Kier alpha value is -3.40. The van der Waals surface area contributed by atoms with Crippen molar-refractivity contribution in [3.05, 3.63) is 95.3 Å². The molecule has 3 heterocycles. The summed E-state index contributed by atoms with van der Waals surface area (Å²) in [5.41, 5.74) is 8.51. The molecule has 2 bridgehead atoms. The Bertz CT molecular complexity index is 1200.